The Labute approximate surface area is 146 Å². The van der Waals surface area contributed by atoms with Gasteiger partial charge in [0.2, 0.25) is 5.91 Å². The number of anilines is 2. The summed E-state index contributed by atoms with van der Waals surface area (Å²) >= 11 is 0. The molecule has 25 heavy (non-hydrogen) atoms. The van der Waals surface area contributed by atoms with Crippen LogP contribution in [0.1, 0.15) is 23.7 Å². The Bertz CT molecular complexity index is 899. The molecule has 0 aliphatic carbocycles. The number of hydrogen-bond donors (Lipinski definition) is 2. The fourth-order valence-corrected chi connectivity index (χ4v) is 2.57. The van der Waals surface area contributed by atoms with Crippen LogP contribution >= 0.6 is 0 Å². The maximum Gasteiger partial charge on any atom is 0.226 e. The van der Waals surface area contributed by atoms with Gasteiger partial charge in [-0.05, 0) is 43.3 Å². The maximum absolute atomic E-state index is 12.1. The molecule has 126 valence electrons. The number of fused-ring (bicyclic) bond motifs is 1. The Kier molecular flexibility index (Phi) is 5.04. The second-order valence-electron chi connectivity index (χ2n) is 5.74. The Morgan fingerprint density at radius 2 is 1.76 bits per heavy atom. The van der Waals surface area contributed by atoms with Gasteiger partial charge < -0.3 is 10.6 Å². The average Bonchev–Trinajstić information content (AvgIpc) is 2.62. The molecule has 0 aliphatic rings. The smallest absolute Gasteiger partial charge is 0.226 e. The number of hydrogen-bond acceptors (Lipinski definition) is 4. The van der Waals surface area contributed by atoms with Crippen LogP contribution < -0.4 is 10.6 Å². The van der Waals surface area contributed by atoms with Gasteiger partial charge in [0, 0.05) is 35.8 Å². The quantitative estimate of drug-likeness (QED) is 0.672. The molecule has 1 amide bonds. The fraction of sp³-hybridized carbons (Fsp3) is 0.150. The summed E-state index contributed by atoms with van der Waals surface area (Å²) in [5.74, 6) is -0.0814. The molecule has 1 aromatic heterocycles. The Balaban J connectivity index is 1.54. The summed E-state index contributed by atoms with van der Waals surface area (Å²) in [7, 11) is 0. The molecule has 0 radical (unpaired) electrons. The number of Topliss-reactive ketones (excluding diaryl/α,β-unsaturated/α-hetero) is 1. The number of amides is 1. The zero-order valence-electron chi connectivity index (χ0n) is 14.0. The average molecular weight is 333 g/mol. The van der Waals surface area contributed by atoms with Crippen molar-refractivity contribution in [2.45, 2.75) is 13.3 Å². The molecule has 5 nitrogen and oxygen atoms in total. The molecule has 1 heterocycles. The topological polar surface area (TPSA) is 71.1 Å². The highest BCUT2D eigenvalue weighted by Gasteiger charge is 2.05. The van der Waals surface area contributed by atoms with Crippen LogP contribution in [-0.4, -0.2) is 23.2 Å². The van der Waals surface area contributed by atoms with Crippen molar-refractivity contribution < 1.29 is 9.59 Å². The summed E-state index contributed by atoms with van der Waals surface area (Å²) in [4.78, 5) is 27.7. The first-order valence-corrected chi connectivity index (χ1v) is 8.12. The van der Waals surface area contributed by atoms with E-state index in [0.717, 1.165) is 16.6 Å². The Morgan fingerprint density at radius 3 is 2.52 bits per heavy atom. The van der Waals surface area contributed by atoms with Crippen LogP contribution in [0.5, 0.6) is 0 Å². The summed E-state index contributed by atoms with van der Waals surface area (Å²) in [6, 6.07) is 16.7. The van der Waals surface area contributed by atoms with E-state index >= 15 is 0 Å². The second-order valence-corrected chi connectivity index (χ2v) is 5.74. The van der Waals surface area contributed by atoms with Crippen molar-refractivity contribution in [2.24, 2.45) is 0 Å². The summed E-state index contributed by atoms with van der Waals surface area (Å²) in [6.45, 7) is 2.02. The molecule has 0 bridgehead atoms. The first-order chi connectivity index (χ1) is 12.1. The second kappa shape index (κ2) is 7.57. The fourth-order valence-electron chi connectivity index (χ4n) is 2.57. The molecule has 3 aromatic rings. The molecule has 2 N–H and O–H groups in total. The number of para-hydroxylation sites is 1. The molecule has 3 rings (SSSR count). The number of carbonyl (C=O) groups is 2. The normalized spacial score (nSPS) is 10.4. The lowest BCUT2D eigenvalue weighted by atomic mass is 10.1. The van der Waals surface area contributed by atoms with Crippen molar-refractivity contribution >= 4 is 34.0 Å². The highest BCUT2D eigenvalue weighted by molar-refractivity contribution is 5.96. The molecule has 0 saturated carbocycles. The van der Waals surface area contributed by atoms with Gasteiger partial charge >= 0.3 is 0 Å². The lowest BCUT2D eigenvalue weighted by Gasteiger charge is -2.09. The van der Waals surface area contributed by atoms with Gasteiger partial charge in [0.1, 0.15) is 0 Å². The van der Waals surface area contributed by atoms with Gasteiger partial charge in [-0.3, -0.25) is 14.6 Å². The molecule has 0 atom stereocenters. The summed E-state index contributed by atoms with van der Waals surface area (Å²) in [6.07, 6.45) is 2.09. The van der Waals surface area contributed by atoms with Crippen molar-refractivity contribution in [1.29, 1.82) is 0 Å². The minimum atomic E-state index is -0.0868. The zero-order chi connectivity index (χ0) is 17.6. The predicted octanol–water partition coefficient (Wildman–Crippen LogP) is 3.88. The van der Waals surface area contributed by atoms with Crippen molar-refractivity contribution in [3.05, 3.63) is 66.4 Å². The van der Waals surface area contributed by atoms with Crippen LogP contribution in [0, 0.1) is 0 Å². The number of nitrogens with one attached hydrogen (secondary N) is 2. The molecule has 0 aliphatic heterocycles. The molecule has 2 aromatic carbocycles. The molecule has 0 saturated heterocycles. The SMILES string of the molecule is CC(=O)c1ccc(NC(=O)CCNc2cccc3cccnc23)cc1. The van der Waals surface area contributed by atoms with Gasteiger partial charge in [0.05, 0.1) is 11.2 Å². The van der Waals surface area contributed by atoms with Crippen molar-refractivity contribution in [2.75, 3.05) is 17.2 Å². The van der Waals surface area contributed by atoms with Crippen molar-refractivity contribution in [3.8, 4) is 0 Å². The van der Waals surface area contributed by atoms with Crippen molar-refractivity contribution in [1.82, 2.24) is 4.98 Å². The van der Waals surface area contributed by atoms with E-state index in [2.05, 4.69) is 15.6 Å². The third kappa shape index (κ3) is 4.20. The molecule has 0 fully saturated rings. The van der Waals surface area contributed by atoms with Gasteiger partial charge in [0.15, 0.2) is 5.78 Å². The zero-order valence-corrected chi connectivity index (χ0v) is 14.0. The minimum absolute atomic E-state index is 0.00535. The number of benzene rings is 2. The predicted molar refractivity (Wildman–Crippen MR) is 99.9 cm³/mol. The van der Waals surface area contributed by atoms with Crippen molar-refractivity contribution in [3.63, 3.8) is 0 Å². The van der Waals surface area contributed by atoms with E-state index in [-0.39, 0.29) is 11.7 Å². The van der Waals surface area contributed by atoms with E-state index in [1.54, 1.807) is 30.5 Å². The van der Waals surface area contributed by atoms with Crippen LogP contribution in [-0.2, 0) is 4.79 Å². The summed E-state index contributed by atoms with van der Waals surface area (Å²) in [5.41, 5.74) is 3.12. The van der Waals surface area contributed by atoms with E-state index < -0.39 is 0 Å². The lowest BCUT2D eigenvalue weighted by molar-refractivity contribution is -0.115. The molecule has 0 spiro atoms. The van der Waals surface area contributed by atoms with E-state index in [9.17, 15) is 9.59 Å². The number of carbonyl (C=O) groups excluding carboxylic acids is 2. The Hall–Kier alpha value is -3.21. The summed E-state index contributed by atoms with van der Waals surface area (Å²) in [5, 5.41) is 7.14. The van der Waals surface area contributed by atoms with Crippen LogP contribution in [0.25, 0.3) is 10.9 Å². The molecular weight excluding hydrogens is 314 g/mol. The molecule has 5 heteroatoms. The number of pyridine rings is 1. The van der Waals surface area contributed by atoms with Gasteiger partial charge in [-0.15, -0.1) is 0 Å². The largest absolute Gasteiger partial charge is 0.383 e. The number of rotatable bonds is 6. The number of ketones is 1. The van der Waals surface area contributed by atoms with E-state index in [0.29, 0.717) is 24.2 Å². The van der Waals surface area contributed by atoms with Gasteiger partial charge in [0.25, 0.3) is 0 Å². The number of aromatic nitrogens is 1. The van der Waals surface area contributed by atoms with E-state index in [4.69, 9.17) is 0 Å². The first-order valence-electron chi connectivity index (χ1n) is 8.12. The van der Waals surface area contributed by atoms with E-state index in [1.165, 1.54) is 6.92 Å². The highest BCUT2D eigenvalue weighted by Crippen LogP contribution is 2.20. The van der Waals surface area contributed by atoms with Crippen LogP contribution in [0.4, 0.5) is 11.4 Å². The standard InChI is InChI=1S/C20H19N3O2/c1-14(24)15-7-9-17(10-8-15)23-19(25)11-13-21-18-6-2-4-16-5-3-12-22-20(16)18/h2-10,12,21H,11,13H2,1H3,(H,23,25). The van der Waals surface area contributed by atoms with Gasteiger partial charge in [-0.1, -0.05) is 18.2 Å². The van der Waals surface area contributed by atoms with Crippen LogP contribution in [0.3, 0.4) is 0 Å². The third-order valence-corrected chi connectivity index (χ3v) is 3.88. The molecule has 0 unspecified atom stereocenters. The number of nitrogens with zero attached hydrogens (tertiary/aromatic N) is 1. The first kappa shape index (κ1) is 16.6. The van der Waals surface area contributed by atoms with Gasteiger partial charge in [-0.2, -0.15) is 0 Å². The van der Waals surface area contributed by atoms with Crippen LogP contribution in [0.2, 0.25) is 0 Å². The summed E-state index contributed by atoms with van der Waals surface area (Å²) < 4.78 is 0. The Morgan fingerprint density at radius 1 is 1.00 bits per heavy atom. The van der Waals surface area contributed by atoms with Gasteiger partial charge in [-0.25, -0.2) is 0 Å². The third-order valence-electron chi connectivity index (χ3n) is 3.88. The maximum atomic E-state index is 12.1. The van der Waals surface area contributed by atoms with E-state index in [1.807, 2.05) is 30.3 Å². The monoisotopic (exact) mass is 333 g/mol. The minimum Gasteiger partial charge on any atom is -0.383 e. The molecular formula is C20H19N3O2. The van der Waals surface area contributed by atoms with Crippen LogP contribution in [0.15, 0.2) is 60.8 Å². The highest BCUT2D eigenvalue weighted by atomic mass is 16.1. The lowest BCUT2D eigenvalue weighted by Crippen LogP contribution is -2.16.